The molecule has 0 unspecified atom stereocenters. The summed E-state index contributed by atoms with van der Waals surface area (Å²) in [6.07, 6.45) is 4.03. The topological polar surface area (TPSA) is 74.3 Å². The summed E-state index contributed by atoms with van der Waals surface area (Å²) >= 11 is 0. The zero-order valence-corrected chi connectivity index (χ0v) is 13.4. The molecular formula is C18H20N4O2. The first-order valence-electron chi connectivity index (χ1n) is 8.06. The van der Waals surface area contributed by atoms with Crippen LogP contribution in [0.1, 0.15) is 23.2 Å². The Kier molecular flexibility index (Phi) is 5.05. The standard InChI is InChI=1S/C18H20N4O2/c23-17(13-20-18(24)14-6-2-1-3-7-14)21-15-8-9-16(19-12-15)22-10-4-5-11-22/h1-3,6-9,12H,4-5,10-11,13H2,(H,20,24)(H,21,23). The number of hydrogen-bond donors (Lipinski definition) is 2. The zero-order chi connectivity index (χ0) is 16.8. The number of rotatable bonds is 5. The van der Waals surface area contributed by atoms with Crippen molar-refractivity contribution in [2.45, 2.75) is 12.8 Å². The zero-order valence-electron chi connectivity index (χ0n) is 13.4. The van der Waals surface area contributed by atoms with Crippen LogP contribution in [0.25, 0.3) is 0 Å². The lowest BCUT2D eigenvalue weighted by Gasteiger charge is -2.16. The van der Waals surface area contributed by atoms with E-state index in [-0.39, 0.29) is 18.4 Å². The number of benzene rings is 1. The molecule has 2 heterocycles. The quantitative estimate of drug-likeness (QED) is 0.883. The van der Waals surface area contributed by atoms with Gasteiger partial charge >= 0.3 is 0 Å². The summed E-state index contributed by atoms with van der Waals surface area (Å²) in [6, 6.07) is 12.5. The molecule has 3 rings (SSSR count). The van der Waals surface area contributed by atoms with Crippen molar-refractivity contribution in [1.82, 2.24) is 10.3 Å². The van der Waals surface area contributed by atoms with E-state index in [1.807, 2.05) is 18.2 Å². The van der Waals surface area contributed by atoms with Gasteiger partial charge in [-0.2, -0.15) is 0 Å². The molecule has 124 valence electrons. The van der Waals surface area contributed by atoms with Gasteiger partial charge in [0.1, 0.15) is 5.82 Å². The maximum atomic E-state index is 11.9. The second kappa shape index (κ2) is 7.59. The number of nitrogens with zero attached hydrogens (tertiary/aromatic N) is 2. The monoisotopic (exact) mass is 324 g/mol. The van der Waals surface area contributed by atoms with Crippen LogP contribution in [0, 0.1) is 0 Å². The average molecular weight is 324 g/mol. The molecule has 2 N–H and O–H groups in total. The van der Waals surface area contributed by atoms with Crippen LogP contribution in [0.2, 0.25) is 0 Å². The molecule has 1 saturated heterocycles. The third kappa shape index (κ3) is 4.10. The van der Waals surface area contributed by atoms with Crippen LogP contribution in [0.3, 0.4) is 0 Å². The lowest BCUT2D eigenvalue weighted by Crippen LogP contribution is -2.32. The fourth-order valence-electron chi connectivity index (χ4n) is 2.65. The van der Waals surface area contributed by atoms with Gasteiger partial charge in [-0.05, 0) is 37.1 Å². The Morgan fingerprint density at radius 2 is 1.79 bits per heavy atom. The van der Waals surface area contributed by atoms with E-state index in [9.17, 15) is 9.59 Å². The summed E-state index contributed by atoms with van der Waals surface area (Å²) in [7, 11) is 0. The van der Waals surface area contributed by atoms with Crippen LogP contribution in [0.4, 0.5) is 11.5 Å². The fraction of sp³-hybridized carbons (Fsp3) is 0.278. The highest BCUT2D eigenvalue weighted by Crippen LogP contribution is 2.18. The molecule has 0 bridgehead atoms. The van der Waals surface area contributed by atoms with Gasteiger partial charge in [0.25, 0.3) is 5.91 Å². The Hall–Kier alpha value is -2.89. The van der Waals surface area contributed by atoms with Crippen molar-refractivity contribution in [3.63, 3.8) is 0 Å². The smallest absolute Gasteiger partial charge is 0.251 e. The summed E-state index contributed by atoms with van der Waals surface area (Å²) in [6.45, 7) is 1.98. The Balaban J connectivity index is 1.48. The molecule has 0 radical (unpaired) electrons. The lowest BCUT2D eigenvalue weighted by atomic mass is 10.2. The number of nitrogens with one attached hydrogen (secondary N) is 2. The van der Waals surface area contributed by atoms with E-state index in [1.165, 1.54) is 12.8 Å². The van der Waals surface area contributed by atoms with Crippen molar-refractivity contribution in [3.05, 3.63) is 54.2 Å². The van der Waals surface area contributed by atoms with Gasteiger partial charge in [-0.25, -0.2) is 4.98 Å². The van der Waals surface area contributed by atoms with Crippen LogP contribution in [-0.2, 0) is 4.79 Å². The molecule has 0 atom stereocenters. The van der Waals surface area contributed by atoms with Gasteiger partial charge in [0.05, 0.1) is 18.4 Å². The molecule has 1 fully saturated rings. The van der Waals surface area contributed by atoms with Crippen LogP contribution in [0.5, 0.6) is 0 Å². The van der Waals surface area contributed by atoms with Gasteiger partial charge in [-0.3, -0.25) is 9.59 Å². The van der Waals surface area contributed by atoms with Crippen LogP contribution in [-0.4, -0.2) is 36.4 Å². The molecule has 1 aromatic heterocycles. The highest BCUT2D eigenvalue weighted by molar-refractivity contribution is 5.99. The van der Waals surface area contributed by atoms with E-state index in [4.69, 9.17) is 0 Å². The van der Waals surface area contributed by atoms with E-state index >= 15 is 0 Å². The van der Waals surface area contributed by atoms with Crippen molar-refractivity contribution in [2.24, 2.45) is 0 Å². The van der Waals surface area contributed by atoms with Crippen LogP contribution in [0.15, 0.2) is 48.7 Å². The van der Waals surface area contributed by atoms with Crippen LogP contribution < -0.4 is 15.5 Å². The predicted octanol–water partition coefficient (Wildman–Crippen LogP) is 2.05. The normalized spacial score (nSPS) is 13.6. The van der Waals surface area contributed by atoms with Crippen molar-refractivity contribution in [3.8, 4) is 0 Å². The number of pyridine rings is 1. The number of carbonyl (C=O) groups excluding carboxylic acids is 2. The summed E-state index contributed by atoms with van der Waals surface area (Å²) in [5.41, 5.74) is 1.15. The van der Waals surface area contributed by atoms with Gasteiger partial charge in [0, 0.05) is 18.7 Å². The Labute approximate surface area is 140 Å². The Bertz CT molecular complexity index is 695. The average Bonchev–Trinajstić information content (AvgIpc) is 3.16. The predicted molar refractivity (Wildman–Crippen MR) is 93.1 cm³/mol. The molecule has 0 aliphatic carbocycles. The number of hydrogen-bond acceptors (Lipinski definition) is 4. The summed E-state index contributed by atoms with van der Waals surface area (Å²) < 4.78 is 0. The van der Waals surface area contributed by atoms with Crippen molar-refractivity contribution < 1.29 is 9.59 Å². The summed E-state index contributed by atoms with van der Waals surface area (Å²) in [5.74, 6) is 0.381. The fourth-order valence-corrected chi connectivity index (χ4v) is 2.65. The second-order valence-corrected chi connectivity index (χ2v) is 5.70. The van der Waals surface area contributed by atoms with E-state index < -0.39 is 0 Å². The number of aromatic nitrogens is 1. The lowest BCUT2D eigenvalue weighted by molar-refractivity contribution is -0.115. The molecule has 2 aromatic rings. The minimum Gasteiger partial charge on any atom is -0.357 e. The Morgan fingerprint density at radius 3 is 2.46 bits per heavy atom. The highest BCUT2D eigenvalue weighted by Gasteiger charge is 2.13. The van der Waals surface area contributed by atoms with Crippen molar-refractivity contribution >= 4 is 23.3 Å². The van der Waals surface area contributed by atoms with Gasteiger partial charge in [0.2, 0.25) is 5.91 Å². The molecule has 0 saturated carbocycles. The first-order valence-corrected chi connectivity index (χ1v) is 8.06. The maximum absolute atomic E-state index is 11.9. The van der Waals surface area contributed by atoms with Crippen LogP contribution >= 0.6 is 0 Å². The van der Waals surface area contributed by atoms with Crippen molar-refractivity contribution in [2.75, 3.05) is 29.9 Å². The largest absolute Gasteiger partial charge is 0.357 e. The maximum Gasteiger partial charge on any atom is 0.251 e. The first-order chi connectivity index (χ1) is 11.7. The van der Waals surface area contributed by atoms with E-state index in [0.29, 0.717) is 11.3 Å². The molecule has 1 aliphatic heterocycles. The highest BCUT2D eigenvalue weighted by atomic mass is 16.2. The minimum absolute atomic E-state index is 0.0817. The Morgan fingerprint density at radius 1 is 1.04 bits per heavy atom. The molecule has 6 nitrogen and oxygen atoms in total. The number of carbonyl (C=O) groups is 2. The molecule has 6 heteroatoms. The van der Waals surface area contributed by atoms with E-state index in [2.05, 4.69) is 20.5 Å². The third-order valence-corrected chi connectivity index (χ3v) is 3.91. The molecule has 2 amide bonds. The van der Waals surface area contributed by atoms with E-state index in [1.54, 1.807) is 30.5 Å². The number of amides is 2. The summed E-state index contributed by atoms with van der Waals surface area (Å²) in [5, 5.41) is 5.33. The molecule has 1 aliphatic rings. The molecule has 24 heavy (non-hydrogen) atoms. The van der Waals surface area contributed by atoms with Gasteiger partial charge in [-0.1, -0.05) is 18.2 Å². The van der Waals surface area contributed by atoms with Gasteiger partial charge in [0.15, 0.2) is 0 Å². The van der Waals surface area contributed by atoms with Gasteiger partial charge in [-0.15, -0.1) is 0 Å². The van der Waals surface area contributed by atoms with E-state index in [0.717, 1.165) is 18.9 Å². The molecule has 0 spiro atoms. The third-order valence-electron chi connectivity index (χ3n) is 3.91. The second-order valence-electron chi connectivity index (χ2n) is 5.70. The van der Waals surface area contributed by atoms with Crippen molar-refractivity contribution in [1.29, 1.82) is 0 Å². The molecular weight excluding hydrogens is 304 g/mol. The SMILES string of the molecule is O=C(CNC(=O)c1ccccc1)Nc1ccc(N2CCCC2)nc1. The number of anilines is 2. The molecule has 1 aromatic carbocycles. The van der Waals surface area contributed by atoms with Gasteiger partial charge < -0.3 is 15.5 Å². The summed E-state index contributed by atoms with van der Waals surface area (Å²) in [4.78, 5) is 30.4. The first kappa shape index (κ1) is 16.0. The minimum atomic E-state index is -0.282.